The lowest BCUT2D eigenvalue weighted by atomic mass is 9.96. The molecule has 0 saturated heterocycles. The highest BCUT2D eigenvalue weighted by molar-refractivity contribution is 6.26. The monoisotopic (exact) mass is 192 g/mol. The van der Waals surface area contributed by atoms with Gasteiger partial charge in [0, 0.05) is 5.92 Å². The normalized spacial score (nSPS) is 11.0. The number of hydrogen-bond acceptors (Lipinski definition) is 1. The summed E-state index contributed by atoms with van der Waals surface area (Å²) in [6, 6.07) is 0. The Morgan fingerprint density at radius 3 is 2.57 bits per heavy atom. The maximum atomic E-state index is 11.4. The van der Waals surface area contributed by atoms with Gasteiger partial charge >= 0.3 is 6.21 Å². The van der Waals surface area contributed by atoms with Crippen molar-refractivity contribution in [3.63, 3.8) is 0 Å². The van der Waals surface area contributed by atoms with Crippen molar-refractivity contribution in [2.75, 3.05) is 0 Å². The molecule has 0 N–H and O–H groups in total. The minimum Gasteiger partial charge on any atom is -0.361 e. The molecule has 0 aliphatic rings. The quantitative estimate of drug-likeness (QED) is 0.276. The van der Waals surface area contributed by atoms with Crippen LogP contribution < -0.4 is 0 Å². The Morgan fingerprint density at radius 1 is 1.50 bits per heavy atom. The first-order chi connectivity index (χ1) is 6.61. The lowest BCUT2D eigenvalue weighted by molar-refractivity contribution is -0.119. The van der Waals surface area contributed by atoms with E-state index in [1.807, 2.05) is 19.9 Å². The molecular weight excluding hydrogens is 176 g/mol. The maximum absolute atomic E-state index is 11.4. The van der Waals surface area contributed by atoms with Crippen molar-refractivity contribution in [3.05, 3.63) is 29.8 Å². The second-order valence-corrected chi connectivity index (χ2v) is 3.39. The van der Waals surface area contributed by atoms with Crippen LogP contribution in [0.3, 0.4) is 0 Å². The molecule has 0 spiro atoms. The topological polar surface area (TPSA) is 53.5 Å². The van der Waals surface area contributed by atoms with Crippen molar-refractivity contribution in [2.24, 2.45) is 5.92 Å². The number of nitrogens with zero attached hydrogens (tertiary/aromatic N) is 2. The van der Waals surface area contributed by atoms with Crippen molar-refractivity contribution in [1.29, 1.82) is 0 Å². The first-order valence-electron chi connectivity index (χ1n) is 4.57. The summed E-state index contributed by atoms with van der Waals surface area (Å²) >= 11 is 0. The van der Waals surface area contributed by atoms with Gasteiger partial charge in [0.15, 0.2) is 0 Å². The number of ketones is 1. The van der Waals surface area contributed by atoms with Crippen LogP contribution in [0.1, 0.15) is 26.7 Å². The summed E-state index contributed by atoms with van der Waals surface area (Å²) in [7, 11) is 0. The van der Waals surface area contributed by atoms with Gasteiger partial charge < -0.3 is 5.53 Å². The van der Waals surface area contributed by atoms with Gasteiger partial charge in [-0.25, -0.2) is 0 Å². The standard InChI is InChI=1S/C11H16N2O/c1-4-5-10(7-6-9(2)3)11(14)8-13-12/h4,6,8,10H,1,5,7H2,2-3H3/t10-/m1/s1. The lowest BCUT2D eigenvalue weighted by Crippen LogP contribution is -2.14. The molecular formula is C11H16N2O. The Morgan fingerprint density at radius 2 is 2.14 bits per heavy atom. The molecule has 0 fully saturated rings. The fourth-order valence-electron chi connectivity index (χ4n) is 1.07. The zero-order valence-electron chi connectivity index (χ0n) is 8.73. The number of carbonyl (C=O) groups is 1. The molecule has 0 bridgehead atoms. The van der Waals surface area contributed by atoms with Gasteiger partial charge in [-0.3, -0.25) is 4.79 Å². The van der Waals surface area contributed by atoms with Gasteiger partial charge in [-0.1, -0.05) is 17.7 Å². The second-order valence-electron chi connectivity index (χ2n) is 3.39. The molecule has 0 rings (SSSR count). The molecule has 0 radical (unpaired) electrons. The number of Topliss-reactive ketones (excluding diaryl/α,β-unsaturated/α-hetero) is 1. The highest BCUT2D eigenvalue weighted by atomic mass is 16.1. The fourth-order valence-corrected chi connectivity index (χ4v) is 1.07. The maximum Gasteiger partial charge on any atom is 0.323 e. The third kappa shape index (κ3) is 5.22. The number of allylic oxidation sites excluding steroid dienone is 3. The molecule has 0 aliphatic heterocycles. The van der Waals surface area contributed by atoms with E-state index in [2.05, 4.69) is 11.4 Å². The minimum atomic E-state index is -0.162. The minimum absolute atomic E-state index is 0.154. The molecule has 0 aliphatic carbocycles. The van der Waals surface area contributed by atoms with E-state index < -0.39 is 0 Å². The Kier molecular flexibility index (Phi) is 6.25. The number of rotatable bonds is 6. The summed E-state index contributed by atoms with van der Waals surface area (Å²) in [4.78, 5) is 14.1. The third-order valence-electron chi connectivity index (χ3n) is 1.85. The van der Waals surface area contributed by atoms with E-state index in [9.17, 15) is 4.79 Å². The van der Waals surface area contributed by atoms with Crippen LogP contribution in [-0.4, -0.2) is 16.8 Å². The van der Waals surface area contributed by atoms with E-state index in [-0.39, 0.29) is 11.7 Å². The summed E-state index contributed by atoms with van der Waals surface area (Å²) < 4.78 is 0. The van der Waals surface area contributed by atoms with Crippen LogP contribution in [0.2, 0.25) is 0 Å². The summed E-state index contributed by atoms with van der Waals surface area (Å²) in [5.41, 5.74) is 9.41. The van der Waals surface area contributed by atoms with Gasteiger partial charge in [0.2, 0.25) is 5.78 Å². The first-order valence-corrected chi connectivity index (χ1v) is 4.57. The first kappa shape index (κ1) is 12.5. The molecule has 3 heteroatoms. The second kappa shape index (κ2) is 6.98. The molecule has 0 aromatic rings. The predicted octanol–water partition coefficient (Wildman–Crippen LogP) is 2.40. The lowest BCUT2D eigenvalue weighted by Gasteiger charge is -2.05. The molecule has 0 amide bonds. The van der Waals surface area contributed by atoms with Crippen LogP contribution in [0.25, 0.3) is 5.53 Å². The van der Waals surface area contributed by atoms with Crippen LogP contribution in [0.4, 0.5) is 0 Å². The summed E-state index contributed by atoms with van der Waals surface area (Å²) in [6.07, 6.45) is 5.92. The predicted molar refractivity (Wildman–Crippen MR) is 57.0 cm³/mol. The molecule has 14 heavy (non-hydrogen) atoms. The van der Waals surface area contributed by atoms with E-state index in [0.717, 1.165) is 6.21 Å². The SMILES string of the molecule is C=CC[C@H](CC=C(C)C)C(=O)C=[N+]=[N-]. The van der Waals surface area contributed by atoms with Crippen LogP contribution in [0, 0.1) is 5.92 Å². The fraction of sp³-hybridized carbons (Fsp3) is 0.455. The molecule has 3 nitrogen and oxygen atoms in total. The molecule has 0 saturated carbocycles. The third-order valence-corrected chi connectivity index (χ3v) is 1.85. The average molecular weight is 192 g/mol. The van der Waals surface area contributed by atoms with Crippen molar-refractivity contribution in [3.8, 4) is 0 Å². The van der Waals surface area contributed by atoms with E-state index in [0.29, 0.717) is 12.8 Å². The van der Waals surface area contributed by atoms with Gasteiger partial charge in [0.25, 0.3) is 0 Å². The van der Waals surface area contributed by atoms with E-state index in [1.54, 1.807) is 6.08 Å². The van der Waals surface area contributed by atoms with Crippen molar-refractivity contribution < 1.29 is 9.58 Å². The Bertz CT molecular complexity index is 282. The number of hydrogen-bond donors (Lipinski definition) is 0. The van der Waals surface area contributed by atoms with Crippen molar-refractivity contribution >= 4 is 12.0 Å². The summed E-state index contributed by atoms with van der Waals surface area (Å²) in [5, 5.41) is 0. The van der Waals surface area contributed by atoms with E-state index in [1.165, 1.54) is 5.57 Å². The summed E-state index contributed by atoms with van der Waals surface area (Å²) in [5.74, 6) is -0.316. The largest absolute Gasteiger partial charge is 0.361 e. The molecule has 0 aromatic carbocycles. The average Bonchev–Trinajstić information content (AvgIpc) is 2.12. The molecule has 0 aromatic heterocycles. The molecule has 0 heterocycles. The number of carbonyl (C=O) groups excluding carboxylic acids is 1. The highest BCUT2D eigenvalue weighted by Gasteiger charge is 2.16. The van der Waals surface area contributed by atoms with Gasteiger partial charge in [0.05, 0.1) is 0 Å². The molecule has 1 atom stereocenters. The Balaban J connectivity index is 4.42. The van der Waals surface area contributed by atoms with Crippen LogP contribution in [0.15, 0.2) is 24.3 Å². The smallest absolute Gasteiger partial charge is 0.323 e. The van der Waals surface area contributed by atoms with Crippen molar-refractivity contribution in [2.45, 2.75) is 26.7 Å². The van der Waals surface area contributed by atoms with Crippen LogP contribution >= 0.6 is 0 Å². The zero-order valence-corrected chi connectivity index (χ0v) is 8.73. The van der Waals surface area contributed by atoms with Crippen LogP contribution in [0.5, 0.6) is 0 Å². The van der Waals surface area contributed by atoms with E-state index >= 15 is 0 Å². The summed E-state index contributed by atoms with van der Waals surface area (Å²) in [6.45, 7) is 7.55. The Hall–Kier alpha value is -1.47. The molecule has 0 unspecified atom stereocenters. The van der Waals surface area contributed by atoms with Gasteiger partial charge in [-0.2, -0.15) is 4.79 Å². The Labute approximate surface area is 84.8 Å². The van der Waals surface area contributed by atoms with Gasteiger partial charge in [-0.15, -0.1) is 6.58 Å². The highest BCUT2D eigenvalue weighted by Crippen LogP contribution is 2.11. The van der Waals surface area contributed by atoms with Crippen LogP contribution in [-0.2, 0) is 4.79 Å². The van der Waals surface area contributed by atoms with E-state index in [4.69, 9.17) is 5.53 Å². The zero-order chi connectivity index (χ0) is 11.0. The molecule has 76 valence electrons. The van der Waals surface area contributed by atoms with Crippen molar-refractivity contribution in [1.82, 2.24) is 0 Å². The van der Waals surface area contributed by atoms with Gasteiger partial charge in [0.1, 0.15) is 0 Å². The van der Waals surface area contributed by atoms with Gasteiger partial charge in [-0.05, 0) is 26.7 Å².